The number of carbonyl (C=O) groups excluding carboxylic acids is 1. The topological polar surface area (TPSA) is 77.2 Å². The maximum absolute atomic E-state index is 12.4. The molecular weight excluding hydrogens is 322 g/mol. The Hall–Kier alpha value is -3.02. The molecule has 1 aromatic carbocycles. The number of ether oxygens (including phenoxy) is 2. The molecule has 0 saturated heterocycles. The molecule has 0 aliphatic carbocycles. The Morgan fingerprint density at radius 3 is 2.72 bits per heavy atom. The number of carbonyl (C=O) groups is 2. The number of nitrogens with zero attached hydrogens (tertiary/aromatic N) is 1. The van der Waals surface area contributed by atoms with Crippen LogP contribution in [0.2, 0.25) is 0 Å². The summed E-state index contributed by atoms with van der Waals surface area (Å²) in [7, 11) is 0. The van der Waals surface area contributed by atoms with E-state index in [1.54, 1.807) is 26.0 Å². The van der Waals surface area contributed by atoms with Crippen LogP contribution in [0.15, 0.2) is 42.6 Å². The van der Waals surface area contributed by atoms with Crippen LogP contribution in [0.1, 0.15) is 30.6 Å². The zero-order chi connectivity index (χ0) is 18.0. The average molecular weight is 341 g/mol. The van der Waals surface area contributed by atoms with Crippen LogP contribution < -0.4 is 4.74 Å². The number of aliphatic carboxylic acids is 1. The molecule has 0 saturated carbocycles. The van der Waals surface area contributed by atoms with Crippen LogP contribution >= 0.6 is 0 Å². The van der Waals surface area contributed by atoms with Gasteiger partial charge in [-0.2, -0.15) is 0 Å². The van der Waals surface area contributed by atoms with Crippen LogP contribution in [0.4, 0.5) is 0 Å². The number of carboxylic acids is 1. The van der Waals surface area contributed by atoms with Crippen LogP contribution in [-0.4, -0.2) is 34.2 Å². The van der Waals surface area contributed by atoms with E-state index in [0.717, 1.165) is 16.4 Å². The van der Waals surface area contributed by atoms with Crippen LogP contribution in [0, 0.1) is 0 Å². The van der Waals surface area contributed by atoms with E-state index in [-0.39, 0.29) is 12.4 Å². The van der Waals surface area contributed by atoms with E-state index in [9.17, 15) is 9.59 Å². The monoisotopic (exact) mass is 341 g/mol. The van der Waals surface area contributed by atoms with Gasteiger partial charge >= 0.3 is 11.9 Å². The van der Waals surface area contributed by atoms with Crippen molar-refractivity contribution in [3.8, 4) is 5.75 Å². The molecule has 0 bridgehead atoms. The molecule has 130 valence electrons. The largest absolute Gasteiger partial charge is 0.490 e. The predicted molar refractivity (Wildman–Crippen MR) is 93.2 cm³/mol. The molecule has 0 radical (unpaired) electrons. The Balaban J connectivity index is 2.09. The third kappa shape index (κ3) is 3.28. The fourth-order valence-corrected chi connectivity index (χ4v) is 2.93. The van der Waals surface area contributed by atoms with Crippen molar-refractivity contribution in [2.45, 2.75) is 26.4 Å². The number of carboxylic acid groups (broad SMARTS) is 1. The van der Waals surface area contributed by atoms with Crippen molar-refractivity contribution in [1.29, 1.82) is 0 Å². The highest BCUT2D eigenvalue weighted by molar-refractivity contribution is 6.11. The second kappa shape index (κ2) is 6.84. The molecule has 25 heavy (non-hydrogen) atoms. The number of pyridine rings is 1. The molecule has 2 aromatic heterocycles. The van der Waals surface area contributed by atoms with Gasteiger partial charge in [0.15, 0.2) is 0 Å². The number of benzene rings is 1. The SMILES string of the molecule is CCOC(=O)c1c2ccc(OC(C)CC(=O)O)cc2n2ccccc12. The molecule has 6 nitrogen and oxygen atoms in total. The van der Waals surface area contributed by atoms with E-state index in [1.165, 1.54) is 0 Å². The maximum Gasteiger partial charge on any atom is 0.340 e. The summed E-state index contributed by atoms with van der Waals surface area (Å²) in [6.45, 7) is 3.78. The van der Waals surface area contributed by atoms with Crippen molar-refractivity contribution >= 4 is 28.4 Å². The van der Waals surface area contributed by atoms with Crippen molar-refractivity contribution in [2.24, 2.45) is 0 Å². The summed E-state index contributed by atoms with van der Waals surface area (Å²) >= 11 is 0. The van der Waals surface area contributed by atoms with Gasteiger partial charge in [-0.15, -0.1) is 0 Å². The molecular formula is C19H19NO5. The zero-order valence-electron chi connectivity index (χ0n) is 14.1. The molecule has 3 rings (SSSR count). The van der Waals surface area contributed by atoms with Gasteiger partial charge in [-0.3, -0.25) is 4.79 Å². The number of fused-ring (bicyclic) bond motifs is 3. The summed E-state index contributed by atoms with van der Waals surface area (Å²) < 4.78 is 12.8. The van der Waals surface area contributed by atoms with Gasteiger partial charge in [-0.05, 0) is 38.1 Å². The summed E-state index contributed by atoms with van der Waals surface area (Å²) in [4.78, 5) is 23.2. The minimum Gasteiger partial charge on any atom is -0.490 e. The van der Waals surface area contributed by atoms with E-state index in [4.69, 9.17) is 14.6 Å². The van der Waals surface area contributed by atoms with Crippen molar-refractivity contribution in [1.82, 2.24) is 4.40 Å². The first-order valence-corrected chi connectivity index (χ1v) is 8.09. The third-order valence-corrected chi connectivity index (χ3v) is 3.89. The Morgan fingerprint density at radius 2 is 2.00 bits per heavy atom. The van der Waals surface area contributed by atoms with Gasteiger partial charge in [-0.25, -0.2) is 4.79 Å². The summed E-state index contributed by atoms with van der Waals surface area (Å²) in [5, 5.41) is 9.62. The van der Waals surface area contributed by atoms with E-state index in [1.807, 2.05) is 34.9 Å². The van der Waals surface area contributed by atoms with Gasteiger partial charge in [0.1, 0.15) is 11.9 Å². The standard InChI is InChI=1S/C19H19NO5/c1-3-24-19(23)18-14-8-7-13(25-12(2)10-17(21)22)11-16(14)20-9-5-4-6-15(18)20/h4-9,11-12H,3,10H2,1-2H3,(H,21,22). The fraction of sp³-hybridized carbons (Fsp3) is 0.263. The fourth-order valence-electron chi connectivity index (χ4n) is 2.93. The number of aromatic nitrogens is 1. The minimum absolute atomic E-state index is 0.0823. The Morgan fingerprint density at radius 1 is 1.20 bits per heavy atom. The average Bonchev–Trinajstić information content (AvgIpc) is 2.88. The van der Waals surface area contributed by atoms with Crippen molar-refractivity contribution in [3.63, 3.8) is 0 Å². The summed E-state index contributed by atoms with van der Waals surface area (Å²) in [5.74, 6) is -0.722. The maximum atomic E-state index is 12.4. The highest BCUT2D eigenvalue weighted by Gasteiger charge is 2.20. The van der Waals surface area contributed by atoms with Gasteiger partial charge < -0.3 is 19.0 Å². The Kier molecular flexibility index (Phi) is 4.61. The van der Waals surface area contributed by atoms with Crippen LogP contribution in [-0.2, 0) is 9.53 Å². The minimum atomic E-state index is -0.911. The molecule has 0 fully saturated rings. The van der Waals surface area contributed by atoms with E-state index >= 15 is 0 Å². The first-order valence-electron chi connectivity index (χ1n) is 8.09. The molecule has 1 unspecified atom stereocenters. The number of hydrogen-bond acceptors (Lipinski definition) is 4. The molecule has 0 aliphatic rings. The van der Waals surface area contributed by atoms with E-state index in [0.29, 0.717) is 17.9 Å². The quantitative estimate of drug-likeness (QED) is 0.694. The van der Waals surface area contributed by atoms with E-state index < -0.39 is 12.1 Å². The highest BCUT2D eigenvalue weighted by Crippen LogP contribution is 2.30. The molecule has 0 aliphatic heterocycles. The van der Waals surface area contributed by atoms with Crippen molar-refractivity contribution < 1.29 is 24.2 Å². The van der Waals surface area contributed by atoms with Gasteiger partial charge in [0.25, 0.3) is 0 Å². The lowest BCUT2D eigenvalue weighted by Crippen LogP contribution is -2.16. The molecule has 0 spiro atoms. The lowest BCUT2D eigenvalue weighted by molar-refractivity contribution is -0.138. The van der Waals surface area contributed by atoms with Gasteiger partial charge in [0.2, 0.25) is 0 Å². The Labute approximate surface area is 144 Å². The van der Waals surface area contributed by atoms with Crippen molar-refractivity contribution in [2.75, 3.05) is 6.61 Å². The lowest BCUT2D eigenvalue weighted by Gasteiger charge is -2.12. The summed E-state index contributed by atoms with van der Waals surface area (Å²) in [6.07, 6.45) is 1.33. The van der Waals surface area contributed by atoms with Gasteiger partial charge in [0.05, 0.1) is 29.6 Å². The summed E-state index contributed by atoms with van der Waals surface area (Å²) in [6, 6.07) is 11.0. The van der Waals surface area contributed by atoms with Crippen LogP contribution in [0.25, 0.3) is 16.4 Å². The molecule has 0 amide bonds. The number of rotatable bonds is 6. The second-order valence-corrected chi connectivity index (χ2v) is 5.76. The second-order valence-electron chi connectivity index (χ2n) is 5.76. The molecule has 1 N–H and O–H groups in total. The first-order chi connectivity index (χ1) is 12.0. The third-order valence-electron chi connectivity index (χ3n) is 3.89. The van der Waals surface area contributed by atoms with Crippen LogP contribution in [0.3, 0.4) is 0 Å². The molecule has 1 atom stereocenters. The van der Waals surface area contributed by atoms with Gasteiger partial charge in [-0.1, -0.05) is 6.07 Å². The molecule has 3 aromatic rings. The van der Waals surface area contributed by atoms with Crippen LogP contribution in [0.5, 0.6) is 5.75 Å². The lowest BCUT2D eigenvalue weighted by atomic mass is 10.1. The van der Waals surface area contributed by atoms with Crippen molar-refractivity contribution in [3.05, 3.63) is 48.2 Å². The Bertz CT molecular complexity index is 944. The molecule has 6 heteroatoms. The normalized spacial score (nSPS) is 12.2. The highest BCUT2D eigenvalue weighted by atomic mass is 16.5. The smallest absolute Gasteiger partial charge is 0.340 e. The summed E-state index contributed by atoms with van der Waals surface area (Å²) in [5.41, 5.74) is 2.08. The predicted octanol–water partition coefficient (Wildman–Crippen LogP) is 3.51. The van der Waals surface area contributed by atoms with E-state index in [2.05, 4.69) is 0 Å². The molecule has 2 heterocycles. The van der Waals surface area contributed by atoms with Gasteiger partial charge in [0, 0.05) is 17.6 Å². The number of esters is 1. The zero-order valence-corrected chi connectivity index (χ0v) is 14.1. The number of hydrogen-bond donors (Lipinski definition) is 1. The first kappa shape index (κ1) is 16.8.